The quantitative estimate of drug-likeness (QED) is 0.165. The van der Waals surface area contributed by atoms with Crippen LogP contribution in [0.2, 0.25) is 0 Å². The highest BCUT2D eigenvalue weighted by Crippen LogP contribution is 2.83. The molecular formula is C37H38O11. The molecule has 0 N–H and O–H groups in total. The van der Waals surface area contributed by atoms with Crippen molar-refractivity contribution in [2.24, 2.45) is 17.3 Å². The number of esters is 2. The molecule has 3 saturated heterocycles. The van der Waals surface area contributed by atoms with Crippen molar-refractivity contribution >= 4 is 23.9 Å². The van der Waals surface area contributed by atoms with Gasteiger partial charge in [0.25, 0.3) is 0 Å². The zero-order chi connectivity index (χ0) is 33.6. The predicted octanol–water partition coefficient (Wildman–Crippen LogP) is 5.88. The normalized spacial score (nSPS) is 40.6. The second-order valence-corrected chi connectivity index (χ2v) is 15.6. The topological polar surface area (TPSA) is 139 Å². The molecule has 252 valence electrons. The summed E-state index contributed by atoms with van der Waals surface area (Å²) in [6, 6.07) is 12.2. The number of carbonyl (C=O) groups is 3. The lowest BCUT2D eigenvalue weighted by molar-refractivity contribution is -0.133. The molecule has 11 heteroatoms. The SMILES string of the molecule is CC(C)[C@]12O[C@H]1[C@@H]1O[C@]13[C@]1(O[C@H]1C[C@H]1C4=C(CC[C@@]13C)C(=O)O/C4=C(/OC(=O)c1ccco1)c1ccccc1)[C@@H]2OC(=O)OC(C)(C)C. The summed E-state index contributed by atoms with van der Waals surface area (Å²) in [5.41, 5.74) is -2.06. The van der Waals surface area contributed by atoms with Crippen LogP contribution in [0, 0.1) is 17.3 Å². The first-order valence-electron chi connectivity index (χ1n) is 16.7. The van der Waals surface area contributed by atoms with Gasteiger partial charge < -0.3 is 37.6 Å². The first-order chi connectivity index (χ1) is 22.8. The molecule has 0 unspecified atom stereocenters. The molecule has 9 rings (SSSR count). The molecule has 9 atom stereocenters. The van der Waals surface area contributed by atoms with Gasteiger partial charge in [0.2, 0.25) is 5.76 Å². The Kier molecular flexibility index (Phi) is 5.90. The van der Waals surface area contributed by atoms with E-state index >= 15 is 0 Å². The number of hydrogen-bond acceptors (Lipinski definition) is 11. The van der Waals surface area contributed by atoms with Crippen LogP contribution in [0.15, 0.2) is 70.1 Å². The third-order valence-electron chi connectivity index (χ3n) is 11.8. The van der Waals surface area contributed by atoms with Gasteiger partial charge in [0.1, 0.15) is 29.0 Å². The first kappa shape index (κ1) is 30.2. The summed E-state index contributed by atoms with van der Waals surface area (Å²) in [6.45, 7) is 11.7. The van der Waals surface area contributed by atoms with E-state index in [9.17, 15) is 14.4 Å². The molecule has 48 heavy (non-hydrogen) atoms. The largest absolute Gasteiger partial charge is 0.509 e. The standard InChI is InChI=1S/C37H38O11/c1-18(2)35-27(46-35)28-37(47-28)34(6)15-14-20-24(21(34)17-23-36(37,45-23)31(35)44-32(40)48-33(3,4)5)26(43-29(20)38)25(19-11-8-7-9-12-19)42-30(39)22-13-10-16-41-22/h7-13,16,18,21,23,27-28,31H,14-15,17H2,1-6H3/b26-25+/t21-,23-,27-,28-,31+,34-,35-,36+,37+/m0/s1. The van der Waals surface area contributed by atoms with Crippen LogP contribution in [0.3, 0.4) is 0 Å². The van der Waals surface area contributed by atoms with E-state index in [0.717, 1.165) is 0 Å². The van der Waals surface area contributed by atoms with E-state index in [1.54, 1.807) is 39.0 Å². The molecule has 5 heterocycles. The molecule has 1 aromatic heterocycles. The Morgan fingerprint density at radius 1 is 1.00 bits per heavy atom. The van der Waals surface area contributed by atoms with E-state index in [2.05, 4.69) is 20.8 Å². The molecule has 11 nitrogen and oxygen atoms in total. The van der Waals surface area contributed by atoms with E-state index < -0.39 is 52.0 Å². The summed E-state index contributed by atoms with van der Waals surface area (Å²) in [6.07, 6.45) is 0.477. The van der Waals surface area contributed by atoms with Gasteiger partial charge in [-0.3, -0.25) is 0 Å². The van der Waals surface area contributed by atoms with Gasteiger partial charge in [-0.15, -0.1) is 0 Å². The number of benzene rings is 1. The van der Waals surface area contributed by atoms with Crippen LogP contribution in [0.5, 0.6) is 0 Å². The molecule has 5 fully saturated rings. The Balaban J connectivity index is 1.15. The lowest BCUT2D eigenvalue weighted by atomic mass is 9.46. The number of epoxide rings is 3. The van der Waals surface area contributed by atoms with Crippen LogP contribution in [0.4, 0.5) is 4.79 Å². The predicted molar refractivity (Wildman–Crippen MR) is 165 cm³/mol. The fraction of sp³-hybridized carbons (Fsp3) is 0.541. The van der Waals surface area contributed by atoms with Crippen molar-refractivity contribution in [3.8, 4) is 0 Å². The maximum absolute atomic E-state index is 13.5. The summed E-state index contributed by atoms with van der Waals surface area (Å²) < 4.78 is 49.4. The summed E-state index contributed by atoms with van der Waals surface area (Å²) in [4.78, 5) is 40.1. The molecular weight excluding hydrogens is 620 g/mol. The minimum Gasteiger partial charge on any atom is -0.457 e. The second-order valence-electron chi connectivity index (χ2n) is 15.6. The summed E-state index contributed by atoms with van der Waals surface area (Å²) in [7, 11) is 0. The maximum Gasteiger partial charge on any atom is 0.509 e. The number of ether oxygens (including phenoxy) is 7. The van der Waals surface area contributed by atoms with E-state index in [1.165, 1.54) is 12.3 Å². The van der Waals surface area contributed by atoms with Crippen molar-refractivity contribution in [2.75, 3.05) is 0 Å². The molecule has 0 radical (unpaired) electrons. The summed E-state index contributed by atoms with van der Waals surface area (Å²) >= 11 is 0. The van der Waals surface area contributed by atoms with Gasteiger partial charge >= 0.3 is 18.1 Å². The zero-order valence-electron chi connectivity index (χ0n) is 27.7. The fourth-order valence-corrected chi connectivity index (χ4v) is 9.69. The van der Waals surface area contributed by atoms with Gasteiger partial charge in [-0.05, 0) is 64.0 Å². The minimum absolute atomic E-state index is 0.00947. The van der Waals surface area contributed by atoms with E-state index in [0.29, 0.717) is 36.0 Å². The molecule has 2 saturated carbocycles. The summed E-state index contributed by atoms with van der Waals surface area (Å²) in [5.74, 6) is -1.04. The maximum atomic E-state index is 13.5. The molecule has 1 aromatic carbocycles. The van der Waals surface area contributed by atoms with Crippen LogP contribution >= 0.6 is 0 Å². The third kappa shape index (κ3) is 3.67. The lowest BCUT2D eigenvalue weighted by Crippen LogP contribution is -2.70. The second kappa shape index (κ2) is 9.40. The summed E-state index contributed by atoms with van der Waals surface area (Å²) in [5, 5.41) is 0. The number of carbonyl (C=O) groups excluding carboxylic acids is 3. The van der Waals surface area contributed by atoms with E-state index in [-0.39, 0.29) is 47.4 Å². The van der Waals surface area contributed by atoms with Crippen molar-refractivity contribution in [3.63, 3.8) is 0 Å². The highest BCUT2D eigenvalue weighted by atomic mass is 16.8. The van der Waals surface area contributed by atoms with Crippen LogP contribution in [0.25, 0.3) is 5.76 Å². The molecule has 0 bridgehead atoms. The molecule has 3 aliphatic carbocycles. The Hall–Kier alpha value is -3.93. The zero-order valence-corrected chi connectivity index (χ0v) is 27.7. The van der Waals surface area contributed by atoms with Crippen molar-refractivity contribution < 1.29 is 52.0 Å². The van der Waals surface area contributed by atoms with Crippen molar-refractivity contribution in [3.05, 3.63) is 77.0 Å². The molecule has 0 amide bonds. The van der Waals surface area contributed by atoms with Crippen LogP contribution in [-0.2, 0) is 38.0 Å². The van der Waals surface area contributed by atoms with Crippen molar-refractivity contribution in [1.82, 2.24) is 0 Å². The molecule has 7 aliphatic rings. The van der Waals surface area contributed by atoms with Gasteiger partial charge in [0, 0.05) is 22.1 Å². The Labute approximate surface area is 277 Å². The smallest absolute Gasteiger partial charge is 0.457 e. The van der Waals surface area contributed by atoms with Crippen molar-refractivity contribution in [1.29, 1.82) is 0 Å². The fourth-order valence-electron chi connectivity index (χ4n) is 9.69. The highest BCUT2D eigenvalue weighted by molar-refractivity contribution is 5.98. The molecule has 4 aliphatic heterocycles. The Bertz CT molecular complexity index is 1820. The number of hydrogen-bond donors (Lipinski definition) is 0. The highest BCUT2D eigenvalue weighted by Gasteiger charge is 3.01. The van der Waals surface area contributed by atoms with Crippen LogP contribution < -0.4 is 0 Å². The average Bonchev–Trinajstić information content (AvgIpc) is 3.97. The van der Waals surface area contributed by atoms with Crippen molar-refractivity contribution in [2.45, 2.75) is 108 Å². The van der Waals surface area contributed by atoms with Crippen LogP contribution in [-0.4, -0.2) is 64.9 Å². The Morgan fingerprint density at radius 3 is 2.46 bits per heavy atom. The molecule has 2 aromatic rings. The van der Waals surface area contributed by atoms with E-state index in [4.69, 9.17) is 37.6 Å². The first-order valence-corrected chi connectivity index (χ1v) is 16.7. The number of furan rings is 1. The van der Waals surface area contributed by atoms with Crippen LogP contribution in [0.1, 0.15) is 76.9 Å². The minimum atomic E-state index is -0.948. The van der Waals surface area contributed by atoms with Gasteiger partial charge in [0.15, 0.2) is 23.2 Å². The number of fused-ring (bicyclic) bond motifs is 4. The average molecular weight is 659 g/mol. The van der Waals surface area contributed by atoms with Gasteiger partial charge in [-0.1, -0.05) is 51.1 Å². The van der Waals surface area contributed by atoms with Gasteiger partial charge in [0.05, 0.1) is 12.4 Å². The monoisotopic (exact) mass is 658 g/mol. The number of rotatable bonds is 5. The van der Waals surface area contributed by atoms with Gasteiger partial charge in [-0.2, -0.15) is 0 Å². The lowest BCUT2D eigenvalue weighted by Gasteiger charge is -2.53. The number of cyclic esters (lactones) is 1. The van der Waals surface area contributed by atoms with Gasteiger partial charge in [-0.25, -0.2) is 14.4 Å². The molecule has 2 spiro atoms. The Morgan fingerprint density at radius 2 is 1.77 bits per heavy atom. The van der Waals surface area contributed by atoms with E-state index in [1.807, 2.05) is 18.2 Å². The number of allylic oxidation sites excluding steroid dienone is 1. The third-order valence-corrected chi connectivity index (χ3v) is 11.8.